The van der Waals surface area contributed by atoms with Crippen LogP contribution in [0, 0.1) is 11.3 Å². The molecular formula is C9H7ClN4O2. The Kier molecular flexibility index (Phi) is 2.75. The van der Waals surface area contributed by atoms with Crippen molar-refractivity contribution in [1.82, 2.24) is 14.6 Å². The third kappa shape index (κ3) is 1.72. The van der Waals surface area contributed by atoms with Crippen LogP contribution in [0.4, 0.5) is 0 Å². The van der Waals surface area contributed by atoms with E-state index in [-0.39, 0.29) is 10.8 Å². The van der Waals surface area contributed by atoms with Gasteiger partial charge in [-0.2, -0.15) is 10.4 Å². The maximum atomic E-state index is 9.65. The summed E-state index contributed by atoms with van der Waals surface area (Å²) in [5.41, 5.74) is 0.690. The molecule has 0 aromatic carbocycles. The Balaban J connectivity index is 2.53. The van der Waals surface area contributed by atoms with Gasteiger partial charge in [-0.15, -0.1) is 0 Å². The Morgan fingerprint density at radius 3 is 2.88 bits per heavy atom. The normalized spacial score (nSPS) is 14.6. The zero-order valence-corrected chi connectivity index (χ0v) is 8.70. The molecule has 2 N–H and O–H groups in total. The first-order chi connectivity index (χ1) is 7.63. The number of nitrogens with zero attached hydrogens (tertiary/aromatic N) is 4. The molecule has 2 aromatic rings. The lowest BCUT2D eigenvalue weighted by Crippen LogP contribution is -2.18. The highest BCUT2D eigenvalue weighted by molar-refractivity contribution is 6.29. The Morgan fingerprint density at radius 2 is 2.19 bits per heavy atom. The number of rotatable bonds is 2. The monoisotopic (exact) mass is 238 g/mol. The van der Waals surface area contributed by atoms with Crippen LogP contribution in [0.15, 0.2) is 18.3 Å². The molecule has 0 saturated heterocycles. The molecule has 2 unspecified atom stereocenters. The number of halogens is 1. The summed E-state index contributed by atoms with van der Waals surface area (Å²) in [6.45, 7) is 0. The fraction of sp³-hybridized carbons (Fsp3) is 0.222. The largest absolute Gasteiger partial charge is 0.383 e. The van der Waals surface area contributed by atoms with Gasteiger partial charge in [0.15, 0.2) is 11.8 Å². The van der Waals surface area contributed by atoms with E-state index in [9.17, 15) is 10.2 Å². The second kappa shape index (κ2) is 4.06. The Morgan fingerprint density at radius 1 is 1.44 bits per heavy atom. The summed E-state index contributed by atoms with van der Waals surface area (Å²) < 4.78 is 1.29. The first kappa shape index (κ1) is 10.8. The van der Waals surface area contributed by atoms with Crippen molar-refractivity contribution in [1.29, 1.82) is 5.26 Å². The van der Waals surface area contributed by atoms with Crippen molar-refractivity contribution in [2.24, 2.45) is 0 Å². The van der Waals surface area contributed by atoms with Gasteiger partial charge in [-0.1, -0.05) is 11.6 Å². The lowest BCUT2D eigenvalue weighted by molar-refractivity contribution is 0.0486. The molecule has 2 atom stereocenters. The quantitative estimate of drug-likeness (QED) is 0.734. The second-order valence-electron chi connectivity index (χ2n) is 3.13. The van der Waals surface area contributed by atoms with Gasteiger partial charge in [0.2, 0.25) is 0 Å². The lowest BCUT2D eigenvalue weighted by Gasteiger charge is -2.10. The summed E-state index contributed by atoms with van der Waals surface area (Å²) in [4.78, 5) is 3.96. The van der Waals surface area contributed by atoms with Crippen LogP contribution in [0.3, 0.4) is 0 Å². The van der Waals surface area contributed by atoms with Crippen molar-refractivity contribution in [3.05, 3.63) is 29.2 Å². The van der Waals surface area contributed by atoms with Crippen molar-refractivity contribution >= 4 is 17.2 Å². The van der Waals surface area contributed by atoms with Crippen molar-refractivity contribution in [2.45, 2.75) is 12.2 Å². The third-order valence-electron chi connectivity index (χ3n) is 2.09. The van der Waals surface area contributed by atoms with E-state index < -0.39 is 12.2 Å². The lowest BCUT2D eigenvalue weighted by atomic mass is 10.2. The topological polar surface area (TPSA) is 94.4 Å². The molecule has 7 heteroatoms. The minimum absolute atomic E-state index is 0.214. The van der Waals surface area contributed by atoms with Crippen molar-refractivity contribution in [3.63, 3.8) is 0 Å². The molecule has 6 nitrogen and oxygen atoms in total. The number of aromatic nitrogens is 3. The van der Waals surface area contributed by atoms with Gasteiger partial charge in [-0.05, 0) is 12.1 Å². The van der Waals surface area contributed by atoms with Crippen molar-refractivity contribution < 1.29 is 10.2 Å². The highest BCUT2D eigenvalue weighted by atomic mass is 35.5. The predicted molar refractivity (Wildman–Crippen MR) is 54.6 cm³/mol. The summed E-state index contributed by atoms with van der Waals surface area (Å²) in [7, 11) is 0. The van der Waals surface area contributed by atoms with E-state index >= 15 is 0 Å². The molecule has 0 amide bonds. The fourth-order valence-electron chi connectivity index (χ4n) is 1.30. The molecule has 2 heterocycles. The van der Waals surface area contributed by atoms with Crippen LogP contribution < -0.4 is 0 Å². The molecule has 0 saturated carbocycles. The highest BCUT2D eigenvalue weighted by Crippen LogP contribution is 2.18. The summed E-state index contributed by atoms with van der Waals surface area (Å²) in [6, 6.07) is 4.71. The van der Waals surface area contributed by atoms with Crippen LogP contribution >= 0.6 is 11.6 Å². The van der Waals surface area contributed by atoms with Crippen LogP contribution in [0.2, 0.25) is 5.15 Å². The summed E-state index contributed by atoms with van der Waals surface area (Å²) in [5.74, 6) is 0. The molecule has 0 fully saturated rings. The average molecular weight is 239 g/mol. The van der Waals surface area contributed by atoms with Crippen molar-refractivity contribution in [3.8, 4) is 6.07 Å². The fourth-order valence-corrected chi connectivity index (χ4v) is 1.44. The molecule has 0 spiro atoms. The number of hydrogen-bond acceptors (Lipinski definition) is 5. The number of aliphatic hydroxyl groups is 2. The zero-order valence-electron chi connectivity index (χ0n) is 7.95. The first-order valence-corrected chi connectivity index (χ1v) is 4.77. The SMILES string of the molecule is N#CC(O)C(O)c1cnc2ccc(Cl)nn12. The molecule has 82 valence electrons. The number of imidazole rings is 1. The van der Waals surface area contributed by atoms with Gasteiger partial charge in [0.05, 0.1) is 18.0 Å². The van der Waals surface area contributed by atoms with Crippen LogP contribution in [-0.4, -0.2) is 30.9 Å². The maximum absolute atomic E-state index is 9.65. The summed E-state index contributed by atoms with van der Waals surface area (Å²) >= 11 is 5.70. The van der Waals surface area contributed by atoms with E-state index in [0.717, 1.165) is 0 Å². The minimum atomic E-state index is -1.53. The summed E-state index contributed by atoms with van der Waals surface area (Å²) in [6.07, 6.45) is -1.56. The van der Waals surface area contributed by atoms with Crippen LogP contribution in [0.1, 0.15) is 11.8 Å². The number of fused-ring (bicyclic) bond motifs is 1. The molecule has 0 radical (unpaired) electrons. The average Bonchev–Trinajstić information content (AvgIpc) is 2.69. The summed E-state index contributed by atoms with van der Waals surface area (Å²) in [5, 5.41) is 31.5. The van der Waals surface area contributed by atoms with E-state index in [1.54, 1.807) is 12.1 Å². The van der Waals surface area contributed by atoms with Gasteiger partial charge in [-0.25, -0.2) is 9.50 Å². The first-order valence-electron chi connectivity index (χ1n) is 4.39. The molecule has 0 aliphatic rings. The minimum Gasteiger partial charge on any atom is -0.383 e. The molecule has 16 heavy (non-hydrogen) atoms. The molecule has 2 rings (SSSR count). The molecule has 0 aliphatic heterocycles. The van der Waals surface area contributed by atoms with Gasteiger partial charge in [0, 0.05) is 0 Å². The predicted octanol–water partition coefficient (Wildman–Crippen LogP) is 0.301. The van der Waals surface area contributed by atoms with Crippen LogP contribution in [0.5, 0.6) is 0 Å². The van der Waals surface area contributed by atoms with Gasteiger partial charge in [0.1, 0.15) is 11.3 Å². The Hall–Kier alpha value is -1.68. The number of aliphatic hydroxyl groups excluding tert-OH is 2. The molecule has 2 aromatic heterocycles. The molecule has 0 aliphatic carbocycles. The smallest absolute Gasteiger partial charge is 0.172 e. The second-order valence-corrected chi connectivity index (χ2v) is 3.52. The van der Waals surface area contributed by atoms with Gasteiger partial charge < -0.3 is 10.2 Å². The zero-order chi connectivity index (χ0) is 11.7. The number of nitriles is 1. The van der Waals surface area contributed by atoms with E-state index in [0.29, 0.717) is 5.65 Å². The van der Waals surface area contributed by atoms with Gasteiger partial charge in [0.25, 0.3) is 0 Å². The maximum Gasteiger partial charge on any atom is 0.172 e. The molecular weight excluding hydrogens is 232 g/mol. The van der Waals surface area contributed by atoms with E-state index in [4.69, 9.17) is 16.9 Å². The van der Waals surface area contributed by atoms with Crippen molar-refractivity contribution in [2.75, 3.05) is 0 Å². The van der Waals surface area contributed by atoms with Crippen LogP contribution in [0.25, 0.3) is 5.65 Å². The molecule has 0 bridgehead atoms. The Bertz CT molecular complexity index is 562. The van der Waals surface area contributed by atoms with E-state index in [1.165, 1.54) is 16.8 Å². The van der Waals surface area contributed by atoms with E-state index in [1.807, 2.05) is 0 Å². The number of hydrogen-bond donors (Lipinski definition) is 2. The highest BCUT2D eigenvalue weighted by Gasteiger charge is 2.22. The van der Waals surface area contributed by atoms with E-state index in [2.05, 4.69) is 10.1 Å². The third-order valence-corrected chi connectivity index (χ3v) is 2.29. The Labute approximate surface area is 95.3 Å². The van der Waals surface area contributed by atoms with Gasteiger partial charge >= 0.3 is 0 Å². The van der Waals surface area contributed by atoms with Gasteiger partial charge in [-0.3, -0.25) is 0 Å². The standard InChI is InChI=1S/C9H7ClN4O2/c10-7-1-2-8-12-4-5(14(8)13-7)9(16)6(15)3-11/h1-2,4,6,9,15-16H. The van der Waals surface area contributed by atoms with Crippen LogP contribution in [-0.2, 0) is 0 Å².